The van der Waals surface area contributed by atoms with Crippen LogP contribution in [0.15, 0.2) is 76.8 Å². The van der Waals surface area contributed by atoms with E-state index in [0.29, 0.717) is 11.5 Å². The van der Waals surface area contributed by atoms with Crippen molar-refractivity contribution in [1.82, 2.24) is 5.43 Å². The SMILES string of the molecule is COc1ccc(C(=Nc2ccccc2)N2CCCc3cc(C4=NNC(=O)SC4C)ccc32)cc1OC.Cl. The summed E-state index contributed by atoms with van der Waals surface area (Å²) in [5, 5.41) is 4.22. The maximum atomic E-state index is 11.7. The van der Waals surface area contributed by atoms with Crippen LogP contribution in [0.4, 0.5) is 16.2 Å². The van der Waals surface area contributed by atoms with E-state index in [-0.39, 0.29) is 22.9 Å². The first-order chi connectivity index (χ1) is 17.6. The maximum absolute atomic E-state index is 11.7. The number of aliphatic imine (C=N–C) groups is 1. The van der Waals surface area contributed by atoms with Gasteiger partial charge in [-0.1, -0.05) is 36.0 Å². The Balaban J connectivity index is 0.00000320. The minimum absolute atomic E-state index is 0. The average Bonchev–Trinajstić information content (AvgIpc) is 2.91. The molecule has 2 aliphatic rings. The van der Waals surface area contributed by atoms with Crippen LogP contribution in [0, 0.1) is 0 Å². The first-order valence-electron chi connectivity index (χ1n) is 11.9. The normalized spacial score (nSPS) is 17.2. The summed E-state index contributed by atoms with van der Waals surface area (Å²) in [5.41, 5.74) is 8.69. The van der Waals surface area contributed by atoms with Gasteiger partial charge in [0.15, 0.2) is 11.5 Å². The standard InChI is InChI=1S/C28H28N4O3S.ClH/c1-18-26(30-31-28(33)36-18)20-11-13-23-19(16-20)8-7-15-32(23)27(29-22-9-5-4-6-10-22)21-12-14-24(34-2)25(17-21)35-3;/h4-6,9-14,16-18H,7-8,15H2,1-3H3,(H,31,33);1H. The smallest absolute Gasteiger partial charge is 0.299 e. The van der Waals surface area contributed by atoms with Crippen LogP contribution < -0.4 is 19.8 Å². The summed E-state index contributed by atoms with van der Waals surface area (Å²) in [6.07, 6.45) is 1.95. The Hall–Kier alpha value is -3.49. The number of benzene rings is 3. The molecule has 5 rings (SSSR count). The highest BCUT2D eigenvalue weighted by atomic mass is 35.5. The summed E-state index contributed by atoms with van der Waals surface area (Å²) in [4.78, 5) is 19.0. The number of carbonyl (C=O) groups is 1. The molecule has 0 fully saturated rings. The zero-order chi connectivity index (χ0) is 25.1. The van der Waals surface area contributed by atoms with Crippen molar-refractivity contribution in [2.75, 3.05) is 25.7 Å². The van der Waals surface area contributed by atoms with Gasteiger partial charge in [-0.3, -0.25) is 4.79 Å². The fourth-order valence-corrected chi connectivity index (χ4v) is 5.32. The molecular formula is C28H29ClN4O3S. The number of methoxy groups -OCH3 is 2. The number of hydrogen-bond donors (Lipinski definition) is 1. The number of carbonyl (C=O) groups excluding carboxylic acids is 1. The van der Waals surface area contributed by atoms with Crippen LogP contribution in [0.2, 0.25) is 0 Å². The Morgan fingerprint density at radius 2 is 1.84 bits per heavy atom. The number of ether oxygens (including phenoxy) is 2. The van der Waals surface area contributed by atoms with Crippen LogP contribution in [0.25, 0.3) is 0 Å². The van der Waals surface area contributed by atoms with Crippen molar-refractivity contribution >= 4 is 52.3 Å². The number of hydrogen-bond acceptors (Lipinski definition) is 6. The van der Waals surface area contributed by atoms with E-state index in [1.807, 2.05) is 55.5 Å². The van der Waals surface area contributed by atoms with Crippen molar-refractivity contribution < 1.29 is 14.3 Å². The Labute approximate surface area is 227 Å². The van der Waals surface area contributed by atoms with Crippen molar-refractivity contribution in [2.45, 2.75) is 25.0 Å². The Morgan fingerprint density at radius 3 is 2.57 bits per heavy atom. The van der Waals surface area contributed by atoms with Crippen LogP contribution in [0.1, 0.15) is 30.0 Å². The highest BCUT2D eigenvalue weighted by Gasteiger charge is 2.27. The van der Waals surface area contributed by atoms with Crippen LogP contribution in [-0.4, -0.2) is 42.8 Å². The first-order valence-corrected chi connectivity index (χ1v) is 12.8. The van der Waals surface area contributed by atoms with Gasteiger partial charge in [0.25, 0.3) is 5.24 Å². The molecule has 2 heterocycles. The molecule has 0 aliphatic carbocycles. The average molecular weight is 537 g/mol. The molecule has 0 bridgehead atoms. The van der Waals surface area contributed by atoms with Gasteiger partial charge in [-0.25, -0.2) is 10.4 Å². The molecule has 3 aromatic carbocycles. The summed E-state index contributed by atoms with van der Waals surface area (Å²) in [6, 6.07) is 22.3. The number of nitrogens with one attached hydrogen (secondary N) is 1. The quantitative estimate of drug-likeness (QED) is 0.310. The molecule has 9 heteroatoms. The fourth-order valence-electron chi connectivity index (χ4n) is 4.60. The summed E-state index contributed by atoms with van der Waals surface area (Å²) in [6.45, 7) is 2.85. The van der Waals surface area contributed by atoms with Crippen LogP contribution in [0.5, 0.6) is 11.5 Å². The van der Waals surface area contributed by atoms with E-state index >= 15 is 0 Å². The van der Waals surface area contributed by atoms with Crippen LogP contribution >= 0.6 is 24.2 Å². The van der Waals surface area contributed by atoms with E-state index in [1.54, 1.807) is 14.2 Å². The van der Waals surface area contributed by atoms with E-state index < -0.39 is 0 Å². The van der Waals surface area contributed by atoms with Gasteiger partial charge in [-0.15, -0.1) is 12.4 Å². The topological polar surface area (TPSA) is 75.5 Å². The van der Waals surface area contributed by atoms with E-state index in [4.69, 9.17) is 14.5 Å². The monoisotopic (exact) mass is 536 g/mol. The minimum atomic E-state index is -0.118. The zero-order valence-electron chi connectivity index (χ0n) is 20.9. The Kier molecular flexibility index (Phi) is 8.41. The van der Waals surface area contributed by atoms with Crippen LogP contribution in [0.3, 0.4) is 0 Å². The predicted molar refractivity (Wildman–Crippen MR) is 154 cm³/mol. The van der Waals surface area contributed by atoms with Crippen molar-refractivity contribution in [3.8, 4) is 11.5 Å². The molecule has 3 aromatic rings. The number of halogens is 1. The lowest BCUT2D eigenvalue weighted by Crippen LogP contribution is -2.36. The van der Waals surface area contributed by atoms with Crippen molar-refractivity contribution in [3.05, 3.63) is 83.4 Å². The highest BCUT2D eigenvalue weighted by molar-refractivity contribution is 8.14. The van der Waals surface area contributed by atoms with E-state index in [9.17, 15) is 4.79 Å². The van der Waals surface area contributed by atoms with Gasteiger partial charge in [0, 0.05) is 17.8 Å². The second kappa shape index (κ2) is 11.7. The van der Waals surface area contributed by atoms with Gasteiger partial charge in [-0.2, -0.15) is 5.10 Å². The molecular weight excluding hydrogens is 508 g/mol. The number of amidine groups is 1. The highest BCUT2D eigenvalue weighted by Crippen LogP contribution is 2.34. The number of amides is 1. The number of aryl methyl sites for hydroxylation is 1. The lowest BCUT2D eigenvalue weighted by Gasteiger charge is -2.33. The molecule has 0 spiro atoms. The molecule has 0 saturated carbocycles. The third-order valence-corrected chi connectivity index (χ3v) is 7.20. The lowest BCUT2D eigenvalue weighted by molar-refractivity contribution is 0.261. The largest absolute Gasteiger partial charge is 0.493 e. The summed E-state index contributed by atoms with van der Waals surface area (Å²) < 4.78 is 11.1. The van der Waals surface area contributed by atoms with Gasteiger partial charge >= 0.3 is 0 Å². The number of thioether (sulfide) groups is 1. The number of rotatable bonds is 5. The van der Waals surface area contributed by atoms with Gasteiger partial charge in [0.2, 0.25) is 0 Å². The third-order valence-electron chi connectivity index (χ3n) is 6.32. The summed E-state index contributed by atoms with van der Waals surface area (Å²) in [5.74, 6) is 2.19. The molecule has 0 radical (unpaired) electrons. The molecule has 7 nitrogen and oxygen atoms in total. The zero-order valence-corrected chi connectivity index (χ0v) is 22.6. The molecule has 1 unspecified atom stereocenters. The second-order valence-electron chi connectivity index (χ2n) is 8.60. The molecule has 0 aromatic heterocycles. The molecule has 37 heavy (non-hydrogen) atoms. The van der Waals surface area contributed by atoms with Crippen LogP contribution in [-0.2, 0) is 6.42 Å². The molecule has 1 atom stereocenters. The van der Waals surface area contributed by atoms with Crippen molar-refractivity contribution in [3.63, 3.8) is 0 Å². The predicted octanol–water partition coefficient (Wildman–Crippen LogP) is 6.21. The molecule has 192 valence electrons. The Bertz CT molecular complexity index is 1350. The fraction of sp³-hybridized carbons (Fsp3) is 0.250. The van der Waals surface area contributed by atoms with E-state index in [2.05, 4.69) is 33.6 Å². The Morgan fingerprint density at radius 1 is 1.05 bits per heavy atom. The van der Waals surface area contributed by atoms with E-state index in [1.165, 1.54) is 17.3 Å². The lowest BCUT2D eigenvalue weighted by atomic mass is 9.96. The molecule has 0 saturated heterocycles. The first kappa shape index (κ1) is 26.6. The molecule has 2 aliphatic heterocycles. The van der Waals surface area contributed by atoms with Gasteiger partial charge < -0.3 is 14.4 Å². The number of hydrazone groups is 1. The number of fused-ring (bicyclic) bond motifs is 1. The second-order valence-corrected chi connectivity index (χ2v) is 9.91. The third kappa shape index (κ3) is 5.60. The summed E-state index contributed by atoms with van der Waals surface area (Å²) >= 11 is 1.26. The van der Waals surface area contributed by atoms with Gasteiger partial charge in [0.05, 0.1) is 30.9 Å². The molecule has 1 amide bonds. The van der Waals surface area contributed by atoms with Crippen molar-refractivity contribution in [1.29, 1.82) is 0 Å². The number of nitrogens with zero attached hydrogens (tertiary/aromatic N) is 3. The molecule has 1 N–H and O–H groups in total. The van der Waals surface area contributed by atoms with Crippen molar-refractivity contribution in [2.24, 2.45) is 10.1 Å². The van der Waals surface area contributed by atoms with Gasteiger partial charge in [0.1, 0.15) is 5.84 Å². The summed E-state index contributed by atoms with van der Waals surface area (Å²) in [7, 11) is 3.28. The number of anilines is 1. The van der Waals surface area contributed by atoms with E-state index in [0.717, 1.165) is 53.4 Å². The van der Waals surface area contributed by atoms with Gasteiger partial charge in [-0.05, 0) is 73.4 Å². The minimum Gasteiger partial charge on any atom is -0.493 e. The maximum Gasteiger partial charge on any atom is 0.299 e. The number of para-hydroxylation sites is 1.